The molecule has 1 fully saturated rings. The summed E-state index contributed by atoms with van der Waals surface area (Å²) in [6.07, 6.45) is 0.945. The van der Waals surface area contributed by atoms with Crippen LogP contribution in [0, 0.1) is 29.2 Å². The number of benzene rings is 3. The zero-order valence-electron chi connectivity index (χ0n) is 21.3. The highest BCUT2D eigenvalue weighted by atomic mass is 19.4. The van der Waals surface area contributed by atoms with Gasteiger partial charge in [0.1, 0.15) is 11.6 Å². The standard InChI is InChI=1S/C30H25F9O/c1-2-3-16-4-6-17(7-5-16)18-8-10-21(23(31)12-18)19-9-11-22(24(32)13-19)28(36)27(35)20-14-25(33)29(26(34)15-20)40-30(37,38)39/h8-17H,2-7H2,1H3/b28-27+. The van der Waals surface area contributed by atoms with E-state index >= 15 is 4.39 Å². The Morgan fingerprint density at radius 1 is 0.775 bits per heavy atom. The molecule has 0 aromatic heterocycles. The van der Waals surface area contributed by atoms with Gasteiger partial charge in [0.05, 0.1) is 0 Å². The van der Waals surface area contributed by atoms with E-state index in [9.17, 15) is 35.1 Å². The molecule has 1 saturated carbocycles. The molecule has 0 atom stereocenters. The van der Waals surface area contributed by atoms with Crippen LogP contribution in [0.5, 0.6) is 5.75 Å². The molecule has 0 amide bonds. The van der Waals surface area contributed by atoms with Crippen molar-refractivity contribution in [2.24, 2.45) is 5.92 Å². The van der Waals surface area contributed by atoms with Crippen LogP contribution in [-0.2, 0) is 0 Å². The zero-order valence-corrected chi connectivity index (χ0v) is 21.3. The second kappa shape index (κ2) is 12.0. The van der Waals surface area contributed by atoms with Crippen LogP contribution in [0.2, 0.25) is 0 Å². The molecule has 0 bridgehead atoms. The summed E-state index contributed by atoms with van der Waals surface area (Å²) in [6, 6.07) is 7.61. The summed E-state index contributed by atoms with van der Waals surface area (Å²) >= 11 is 0. The number of hydrogen-bond acceptors (Lipinski definition) is 1. The second-order valence-electron chi connectivity index (χ2n) is 9.89. The predicted molar refractivity (Wildman–Crippen MR) is 133 cm³/mol. The van der Waals surface area contributed by atoms with E-state index in [1.165, 1.54) is 18.6 Å². The van der Waals surface area contributed by atoms with Crippen LogP contribution in [0.25, 0.3) is 22.8 Å². The summed E-state index contributed by atoms with van der Waals surface area (Å²) < 4.78 is 127. The Kier molecular flexibility index (Phi) is 8.85. The SMILES string of the molecule is CCCC1CCC(c2ccc(-c3ccc(/C(F)=C(\F)c4cc(F)c(OC(F)(F)F)c(F)c4)c(F)c3)c(F)c2)CC1. The molecule has 0 saturated heterocycles. The summed E-state index contributed by atoms with van der Waals surface area (Å²) in [7, 11) is 0. The summed E-state index contributed by atoms with van der Waals surface area (Å²) in [4.78, 5) is 0. The van der Waals surface area contributed by atoms with Gasteiger partial charge in [0, 0.05) is 16.7 Å². The van der Waals surface area contributed by atoms with E-state index in [1.807, 2.05) is 0 Å². The second-order valence-corrected chi connectivity index (χ2v) is 9.89. The number of alkyl halides is 3. The highest BCUT2D eigenvalue weighted by molar-refractivity contribution is 5.84. The topological polar surface area (TPSA) is 9.23 Å². The van der Waals surface area contributed by atoms with Crippen LogP contribution in [0.4, 0.5) is 39.5 Å². The lowest BCUT2D eigenvalue weighted by molar-refractivity contribution is -0.276. The van der Waals surface area contributed by atoms with Crippen molar-refractivity contribution >= 4 is 11.7 Å². The van der Waals surface area contributed by atoms with Crippen molar-refractivity contribution in [3.05, 3.63) is 88.5 Å². The minimum Gasteiger partial charge on any atom is -0.399 e. The van der Waals surface area contributed by atoms with Gasteiger partial charge in [-0.1, -0.05) is 38.0 Å². The van der Waals surface area contributed by atoms with Gasteiger partial charge in [0.15, 0.2) is 23.3 Å². The van der Waals surface area contributed by atoms with E-state index in [0.717, 1.165) is 55.9 Å². The molecule has 0 N–H and O–H groups in total. The molecule has 40 heavy (non-hydrogen) atoms. The molecule has 3 aromatic rings. The summed E-state index contributed by atoms with van der Waals surface area (Å²) in [5.74, 6) is -10.5. The maximum atomic E-state index is 15.0. The molecule has 10 heteroatoms. The fourth-order valence-corrected chi connectivity index (χ4v) is 5.22. The van der Waals surface area contributed by atoms with Gasteiger partial charge in [-0.2, -0.15) is 0 Å². The minimum atomic E-state index is -5.43. The Morgan fingerprint density at radius 2 is 1.43 bits per heavy atom. The monoisotopic (exact) mass is 572 g/mol. The normalized spacial score (nSPS) is 18.4. The van der Waals surface area contributed by atoms with Crippen LogP contribution in [-0.4, -0.2) is 6.36 Å². The third kappa shape index (κ3) is 6.64. The molecule has 0 unspecified atom stereocenters. The lowest BCUT2D eigenvalue weighted by Gasteiger charge is -2.28. The van der Waals surface area contributed by atoms with Crippen molar-refractivity contribution in [1.82, 2.24) is 0 Å². The first-order chi connectivity index (χ1) is 18.9. The number of ether oxygens (including phenoxy) is 1. The van der Waals surface area contributed by atoms with E-state index in [1.54, 1.807) is 6.07 Å². The van der Waals surface area contributed by atoms with Crippen LogP contribution >= 0.6 is 0 Å². The highest BCUT2D eigenvalue weighted by Gasteiger charge is 2.34. The Bertz CT molecular complexity index is 1380. The first-order valence-corrected chi connectivity index (χ1v) is 12.8. The maximum absolute atomic E-state index is 15.0. The van der Waals surface area contributed by atoms with E-state index < -0.39 is 58.2 Å². The van der Waals surface area contributed by atoms with Gasteiger partial charge in [0.2, 0.25) is 5.75 Å². The lowest BCUT2D eigenvalue weighted by atomic mass is 9.77. The van der Waals surface area contributed by atoms with Gasteiger partial charge in [-0.15, -0.1) is 13.2 Å². The Morgan fingerprint density at radius 3 is 1.98 bits per heavy atom. The smallest absolute Gasteiger partial charge is 0.399 e. The van der Waals surface area contributed by atoms with Crippen LogP contribution < -0.4 is 4.74 Å². The van der Waals surface area contributed by atoms with Crippen molar-refractivity contribution in [3.8, 4) is 16.9 Å². The van der Waals surface area contributed by atoms with E-state index in [0.29, 0.717) is 5.92 Å². The molecule has 0 aliphatic heterocycles. The quantitative estimate of drug-likeness (QED) is 0.202. The van der Waals surface area contributed by atoms with Crippen molar-refractivity contribution in [1.29, 1.82) is 0 Å². The molecule has 4 rings (SSSR count). The molecular weight excluding hydrogens is 547 g/mol. The number of halogens is 9. The molecule has 1 aliphatic rings. The zero-order chi connectivity index (χ0) is 29.2. The molecule has 214 valence electrons. The first kappa shape index (κ1) is 29.6. The average Bonchev–Trinajstić information content (AvgIpc) is 2.90. The van der Waals surface area contributed by atoms with Crippen LogP contribution in [0.3, 0.4) is 0 Å². The summed E-state index contributed by atoms with van der Waals surface area (Å²) in [5, 5.41) is 0. The van der Waals surface area contributed by atoms with E-state index in [4.69, 9.17) is 0 Å². The van der Waals surface area contributed by atoms with Crippen LogP contribution in [0.1, 0.15) is 68.1 Å². The molecule has 0 spiro atoms. The average molecular weight is 573 g/mol. The Labute approximate surface area is 225 Å². The number of hydrogen-bond donors (Lipinski definition) is 0. The summed E-state index contributed by atoms with van der Waals surface area (Å²) in [5.41, 5.74) is -1.11. The fourth-order valence-electron chi connectivity index (χ4n) is 5.22. The summed E-state index contributed by atoms with van der Waals surface area (Å²) in [6.45, 7) is 2.15. The minimum absolute atomic E-state index is 0.0446. The van der Waals surface area contributed by atoms with Crippen molar-refractivity contribution in [2.45, 2.75) is 57.7 Å². The van der Waals surface area contributed by atoms with E-state index in [-0.39, 0.29) is 29.2 Å². The third-order valence-electron chi connectivity index (χ3n) is 7.19. The van der Waals surface area contributed by atoms with Gasteiger partial charge in [-0.05, 0) is 79.0 Å². The Hall–Kier alpha value is -3.43. The van der Waals surface area contributed by atoms with Gasteiger partial charge >= 0.3 is 6.36 Å². The van der Waals surface area contributed by atoms with E-state index in [2.05, 4.69) is 11.7 Å². The van der Waals surface area contributed by atoms with Crippen molar-refractivity contribution < 1.29 is 44.3 Å². The van der Waals surface area contributed by atoms with Gasteiger partial charge in [0.25, 0.3) is 0 Å². The predicted octanol–water partition coefficient (Wildman–Crippen LogP) is 10.6. The molecule has 0 radical (unpaired) electrons. The molecule has 1 nitrogen and oxygen atoms in total. The molecular formula is C30H25F9O. The maximum Gasteiger partial charge on any atom is 0.573 e. The fraction of sp³-hybridized carbons (Fsp3) is 0.333. The third-order valence-corrected chi connectivity index (χ3v) is 7.19. The highest BCUT2D eigenvalue weighted by Crippen LogP contribution is 2.40. The molecule has 0 heterocycles. The van der Waals surface area contributed by atoms with Crippen molar-refractivity contribution in [2.75, 3.05) is 0 Å². The van der Waals surface area contributed by atoms with Gasteiger partial charge in [-0.25, -0.2) is 26.3 Å². The molecule has 3 aromatic carbocycles. The van der Waals surface area contributed by atoms with Crippen molar-refractivity contribution in [3.63, 3.8) is 0 Å². The largest absolute Gasteiger partial charge is 0.573 e. The lowest BCUT2D eigenvalue weighted by Crippen LogP contribution is -2.19. The number of rotatable bonds is 7. The Balaban J connectivity index is 1.56. The molecule has 1 aliphatic carbocycles. The van der Waals surface area contributed by atoms with Gasteiger partial charge in [-0.3, -0.25) is 0 Å². The first-order valence-electron chi connectivity index (χ1n) is 12.8. The van der Waals surface area contributed by atoms with Gasteiger partial charge < -0.3 is 4.74 Å². The van der Waals surface area contributed by atoms with Crippen LogP contribution in [0.15, 0.2) is 48.5 Å².